The molecule has 0 aliphatic carbocycles. The Bertz CT molecular complexity index is 495. The third-order valence-electron chi connectivity index (χ3n) is 2.39. The Morgan fingerprint density at radius 2 is 1.94 bits per heavy atom. The van der Waals surface area contributed by atoms with Gasteiger partial charge in [-0.25, -0.2) is 8.42 Å². The number of aryl methyl sites for hydroxylation is 2. The molecule has 0 amide bonds. The summed E-state index contributed by atoms with van der Waals surface area (Å²) in [6.07, 6.45) is 1.88. The molecule has 0 atom stereocenters. The first-order chi connectivity index (χ1) is 7.86. The Hall–Kier alpha value is -0.740. The Morgan fingerprint density at radius 3 is 2.47 bits per heavy atom. The lowest BCUT2D eigenvalue weighted by Gasteiger charge is -2.13. The van der Waals surface area contributed by atoms with Gasteiger partial charge < -0.3 is 4.74 Å². The van der Waals surface area contributed by atoms with Gasteiger partial charge in [-0.3, -0.25) is 0 Å². The molecule has 0 saturated heterocycles. The number of hydrogen-bond acceptors (Lipinski definition) is 3. The second-order valence-corrected chi connectivity index (χ2v) is 6.58. The van der Waals surface area contributed by atoms with E-state index >= 15 is 0 Å². The molecular formula is C12H17ClO3S. The van der Waals surface area contributed by atoms with Crippen molar-refractivity contribution in [2.75, 3.05) is 6.61 Å². The quantitative estimate of drug-likeness (QED) is 0.611. The Kier molecular flexibility index (Phi) is 4.83. The highest BCUT2D eigenvalue weighted by molar-refractivity contribution is 8.13. The molecule has 0 heterocycles. The van der Waals surface area contributed by atoms with Gasteiger partial charge in [0.15, 0.2) is 0 Å². The van der Waals surface area contributed by atoms with Crippen LogP contribution in [0.3, 0.4) is 0 Å². The lowest BCUT2D eigenvalue weighted by Crippen LogP contribution is -2.04. The van der Waals surface area contributed by atoms with Crippen LogP contribution < -0.4 is 4.74 Å². The van der Waals surface area contributed by atoms with Crippen molar-refractivity contribution in [3.05, 3.63) is 23.3 Å². The minimum Gasteiger partial charge on any atom is -0.492 e. The SMILES string of the molecule is CCCCOc1c(C)cc(C)cc1S(=O)(=O)Cl. The molecule has 5 heteroatoms. The van der Waals surface area contributed by atoms with Gasteiger partial charge in [0.2, 0.25) is 0 Å². The topological polar surface area (TPSA) is 43.4 Å². The summed E-state index contributed by atoms with van der Waals surface area (Å²) in [5, 5.41) is 0. The summed E-state index contributed by atoms with van der Waals surface area (Å²) < 4.78 is 28.5. The molecule has 0 aliphatic rings. The largest absolute Gasteiger partial charge is 0.492 e. The van der Waals surface area contributed by atoms with Gasteiger partial charge in [0.05, 0.1) is 6.61 Å². The number of halogens is 1. The summed E-state index contributed by atoms with van der Waals surface area (Å²) in [5.74, 6) is 0.374. The number of hydrogen-bond donors (Lipinski definition) is 0. The van der Waals surface area contributed by atoms with Crippen LogP contribution in [0.25, 0.3) is 0 Å². The van der Waals surface area contributed by atoms with Crippen molar-refractivity contribution in [1.82, 2.24) is 0 Å². The lowest BCUT2D eigenvalue weighted by molar-refractivity contribution is 0.299. The van der Waals surface area contributed by atoms with Crippen molar-refractivity contribution in [2.45, 2.75) is 38.5 Å². The lowest BCUT2D eigenvalue weighted by atomic mass is 10.1. The van der Waals surface area contributed by atoms with E-state index < -0.39 is 9.05 Å². The van der Waals surface area contributed by atoms with Crippen LogP contribution in [0.5, 0.6) is 5.75 Å². The summed E-state index contributed by atoms with van der Waals surface area (Å²) in [7, 11) is 1.64. The summed E-state index contributed by atoms with van der Waals surface area (Å²) in [4.78, 5) is 0.0627. The molecular weight excluding hydrogens is 260 g/mol. The number of unbranched alkanes of at least 4 members (excludes halogenated alkanes) is 1. The zero-order valence-corrected chi connectivity index (χ0v) is 11.9. The second-order valence-electron chi connectivity index (χ2n) is 4.05. The van der Waals surface area contributed by atoms with Gasteiger partial charge in [0.25, 0.3) is 9.05 Å². The molecule has 0 spiro atoms. The van der Waals surface area contributed by atoms with E-state index in [1.54, 1.807) is 0 Å². The maximum atomic E-state index is 11.5. The Morgan fingerprint density at radius 1 is 1.29 bits per heavy atom. The molecule has 0 aromatic heterocycles. The maximum Gasteiger partial charge on any atom is 0.265 e. The third kappa shape index (κ3) is 3.89. The highest BCUT2D eigenvalue weighted by atomic mass is 35.7. The van der Waals surface area contributed by atoms with Crippen LogP contribution in [0.1, 0.15) is 30.9 Å². The van der Waals surface area contributed by atoms with E-state index in [0.717, 1.165) is 24.0 Å². The maximum absolute atomic E-state index is 11.5. The first-order valence-electron chi connectivity index (χ1n) is 5.55. The van der Waals surface area contributed by atoms with Crippen LogP contribution in [-0.2, 0) is 9.05 Å². The van der Waals surface area contributed by atoms with E-state index in [-0.39, 0.29) is 4.90 Å². The summed E-state index contributed by atoms with van der Waals surface area (Å²) in [6.45, 7) is 6.19. The van der Waals surface area contributed by atoms with Crippen LogP contribution in [0.15, 0.2) is 17.0 Å². The number of rotatable bonds is 5. The average Bonchev–Trinajstić information content (AvgIpc) is 2.19. The van der Waals surface area contributed by atoms with E-state index in [2.05, 4.69) is 0 Å². The normalized spacial score (nSPS) is 11.5. The number of ether oxygens (including phenoxy) is 1. The van der Waals surface area contributed by atoms with Crippen LogP contribution in [-0.4, -0.2) is 15.0 Å². The van der Waals surface area contributed by atoms with Gasteiger partial charge in [-0.15, -0.1) is 0 Å². The minimum absolute atomic E-state index is 0.0627. The molecule has 0 fully saturated rings. The molecule has 3 nitrogen and oxygen atoms in total. The first kappa shape index (κ1) is 14.3. The zero-order valence-electron chi connectivity index (χ0n) is 10.3. The van der Waals surface area contributed by atoms with Crippen LogP contribution in [0.2, 0.25) is 0 Å². The molecule has 0 saturated carbocycles. The Balaban J connectivity index is 3.17. The first-order valence-corrected chi connectivity index (χ1v) is 7.86. The van der Waals surface area contributed by atoms with Crippen molar-refractivity contribution < 1.29 is 13.2 Å². The molecule has 0 N–H and O–H groups in total. The molecule has 0 radical (unpaired) electrons. The van der Waals surface area contributed by atoms with Gasteiger partial charge >= 0.3 is 0 Å². The van der Waals surface area contributed by atoms with Gasteiger partial charge in [-0.2, -0.15) is 0 Å². The van der Waals surface area contributed by atoms with Crippen LogP contribution in [0, 0.1) is 13.8 Å². The van der Waals surface area contributed by atoms with E-state index in [1.807, 2.05) is 26.8 Å². The van der Waals surface area contributed by atoms with E-state index in [1.165, 1.54) is 6.07 Å². The molecule has 1 rings (SSSR count). The van der Waals surface area contributed by atoms with Crippen molar-refractivity contribution >= 4 is 19.7 Å². The molecule has 0 unspecified atom stereocenters. The highest BCUT2D eigenvalue weighted by Gasteiger charge is 2.19. The predicted octanol–water partition coefficient (Wildman–Crippen LogP) is 3.41. The molecule has 96 valence electrons. The van der Waals surface area contributed by atoms with Crippen molar-refractivity contribution in [1.29, 1.82) is 0 Å². The summed E-state index contributed by atoms with van der Waals surface area (Å²) >= 11 is 0. The zero-order chi connectivity index (χ0) is 13.1. The second kappa shape index (κ2) is 5.74. The van der Waals surface area contributed by atoms with Gasteiger partial charge in [0, 0.05) is 10.7 Å². The third-order valence-corrected chi connectivity index (χ3v) is 3.72. The molecule has 1 aromatic carbocycles. The van der Waals surface area contributed by atoms with Crippen molar-refractivity contribution in [3.8, 4) is 5.75 Å². The minimum atomic E-state index is -3.77. The standard InChI is InChI=1S/C12H17ClO3S/c1-4-5-6-16-12-10(3)7-9(2)8-11(12)17(13,14)15/h7-8H,4-6H2,1-3H3. The number of benzene rings is 1. The molecule has 0 aliphatic heterocycles. The summed E-state index contributed by atoms with van der Waals surface area (Å²) in [6, 6.07) is 3.42. The van der Waals surface area contributed by atoms with Gasteiger partial charge in [0.1, 0.15) is 10.6 Å². The fourth-order valence-corrected chi connectivity index (χ4v) is 2.71. The van der Waals surface area contributed by atoms with E-state index in [0.29, 0.717) is 12.4 Å². The van der Waals surface area contributed by atoms with Crippen LogP contribution >= 0.6 is 10.7 Å². The monoisotopic (exact) mass is 276 g/mol. The van der Waals surface area contributed by atoms with Gasteiger partial charge in [-0.1, -0.05) is 19.4 Å². The van der Waals surface area contributed by atoms with Crippen molar-refractivity contribution in [3.63, 3.8) is 0 Å². The molecule has 1 aromatic rings. The fraction of sp³-hybridized carbons (Fsp3) is 0.500. The van der Waals surface area contributed by atoms with Crippen molar-refractivity contribution in [2.24, 2.45) is 0 Å². The Labute approximate surface area is 107 Å². The van der Waals surface area contributed by atoms with E-state index in [9.17, 15) is 8.42 Å². The average molecular weight is 277 g/mol. The molecule has 17 heavy (non-hydrogen) atoms. The summed E-state index contributed by atoms with van der Waals surface area (Å²) in [5.41, 5.74) is 1.64. The smallest absolute Gasteiger partial charge is 0.265 e. The van der Waals surface area contributed by atoms with E-state index in [4.69, 9.17) is 15.4 Å². The predicted molar refractivity (Wildman–Crippen MR) is 69.4 cm³/mol. The van der Waals surface area contributed by atoms with Gasteiger partial charge in [-0.05, 0) is 37.5 Å². The molecule has 0 bridgehead atoms. The van der Waals surface area contributed by atoms with Crippen LogP contribution in [0.4, 0.5) is 0 Å². The fourth-order valence-electron chi connectivity index (χ4n) is 1.60. The highest BCUT2D eigenvalue weighted by Crippen LogP contribution is 2.31.